The molecule has 6 nitrogen and oxygen atoms in total. The lowest BCUT2D eigenvalue weighted by molar-refractivity contribution is 0.0672. The number of imidazole rings is 1. The van der Waals surface area contributed by atoms with Gasteiger partial charge in [0.25, 0.3) is 5.91 Å². The van der Waals surface area contributed by atoms with Gasteiger partial charge in [-0.25, -0.2) is 4.98 Å². The number of aromatic nitrogens is 3. The summed E-state index contributed by atoms with van der Waals surface area (Å²) in [6.45, 7) is 3.36. The molecule has 0 aromatic carbocycles. The van der Waals surface area contributed by atoms with Gasteiger partial charge in [-0.15, -0.1) is 11.3 Å². The van der Waals surface area contributed by atoms with Crippen molar-refractivity contribution in [2.45, 2.75) is 13.5 Å². The highest BCUT2D eigenvalue weighted by Crippen LogP contribution is 2.19. The van der Waals surface area contributed by atoms with Crippen molar-refractivity contribution in [2.24, 2.45) is 0 Å². The molecular formula is C16H18N4O2S. The Labute approximate surface area is 138 Å². The van der Waals surface area contributed by atoms with Gasteiger partial charge in [-0.2, -0.15) is 0 Å². The summed E-state index contributed by atoms with van der Waals surface area (Å²) in [5.41, 5.74) is 2.34. The number of thiazole rings is 1. The third-order valence-corrected chi connectivity index (χ3v) is 4.34. The van der Waals surface area contributed by atoms with Crippen LogP contribution in [0, 0.1) is 6.92 Å². The topological polar surface area (TPSA) is 59.7 Å². The van der Waals surface area contributed by atoms with Crippen molar-refractivity contribution in [3.63, 3.8) is 0 Å². The Kier molecular flexibility index (Phi) is 4.68. The van der Waals surface area contributed by atoms with Crippen molar-refractivity contribution in [2.75, 3.05) is 20.3 Å². The highest BCUT2D eigenvalue weighted by atomic mass is 32.1. The second kappa shape index (κ2) is 6.89. The molecule has 0 spiro atoms. The van der Waals surface area contributed by atoms with Crippen LogP contribution in [0.1, 0.15) is 21.7 Å². The zero-order chi connectivity index (χ0) is 16.2. The van der Waals surface area contributed by atoms with Gasteiger partial charge < -0.3 is 9.64 Å². The number of aryl methyl sites for hydroxylation is 1. The van der Waals surface area contributed by atoms with Crippen LogP contribution < -0.4 is 0 Å². The van der Waals surface area contributed by atoms with Crippen LogP contribution in [0.2, 0.25) is 0 Å². The number of hydrogen-bond donors (Lipinski definition) is 0. The molecule has 0 saturated heterocycles. The molecule has 0 radical (unpaired) electrons. The summed E-state index contributed by atoms with van der Waals surface area (Å²) in [6, 6.07) is 3.83. The number of ether oxygens (including phenoxy) is 1. The molecule has 0 atom stereocenters. The number of carbonyl (C=O) groups excluding carboxylic acids is 1. The van der Waals surface area contributed by atoms with E-state index in [0.717, 1.165) is 16.2 Å². The van der Waals surface area contributed by atoms with Crippen LogP contribution in [0.4, 0.5) is 0 Å². The van der Waals surface area contributed by atoms with Crippen LogP contribution in [0.5, 0.6) is 0 Å². The molecule has 0 aliphatic carbocycles. The Hall–Kier alpha value is -2.25. The van der Waals surface area contributed by atoms with Crippen LogP contribution in [-0.4, -0.2) is 45.4 Å². The molecule has 0 N–H and O–H groups in total. The van der Waals surface area contributed by atoms with Gasteiger partial charge in [-0.1, -0.05) is 6.07 Å². The van der Waals surface area contributed by atoms with Gasteiger partial charge in [0.2, 0.25) is 0 Å². The van der Waals surface area contributed by atoms with Crippen molar-refractivity contribution in [3.05, 3.63) is 53.1 Å². The summed E-state index contributed by atoms with van der Waals surface area (Å²) in [6.07, 6.45) is 5.38. The first-order valence-electron chi connectivity index (χ1n) is 7.30. The zero-order valence-electron chi connectivity index (χ0n) is 13.1. The van der Waals surface area contributed by atoms with E-state index < -0.39 is 0 Å². The highest BCUT2D eigenvalue weighted by molar-refractivity contribution is 7.15. The number of nitrogens with zero attached hydrogens (tertiary/aromatic N) is 4. The van der Waals surface area contributed by atoms with Crippen LogP contribution in [0.25, 0.3) is 4.96 Å². The molecule has 0 aliphatic rings. The molecule has 7 heteroatoms. The van der Waals surface area contributed by atoms with Gasteiger partial charge in [-0.05, 0) is 18.6 Å². The largest absolute Gasteiger partial charge is 0.383 e. The summed E-state index contributed by atoms with van der Waals surface area (Å²) in [5, 5.41) is 1.93. The predicted octanol–water partition coefficient (Wildman–Crippen LogP) is 2.39. The normalized spacial score (nSPS) is 11.0. The molecule has 3 rings (SSSR count). The Morgan fingerprint density at radius 1 is 1.48 bits per heavy atom. The van der Waals surface area contributed by atoms with Gasteiger partial charge in [0, 0.05) is 44.2 Å². The van der Waals surface area contributed by atoms with E-state index in [1.165, 1.54) is 11.3 Å². The van der Waals surface area contributed by atoms with E-state index in [1.54, 1.807) is 24.4 Å². The molecule has 0 saturated carbocycles. The smallest absolute Gasteiger partial charge is 0.273 e. The number of rotatable bonds is 6. The van der Waals surface area contributed by atoms with Crippen molar-refractivity contribution < 1.29 is 9.53 Å². The average Bonchev–Trinajstić information content (AvgIpc) is 3.11. The SMILES string of the molecule is COCCN(Cc1cccnc1)C(=O)c1c(C)nc2sccn12. The van der Waals surface area contributed by atoms with E-state index in [9.17, 15) is 4.79 Å². The maximum absolute atomic E-state index is 13.0. The number of pyridine rings is 1. The maximum atomic E-state index is 13.0. The number of fused-ring (bicyclic) bond motifs is 1. The Morgan fingerprint density at radius 2 is 2.35 bits per heavy atom. The summed E-state index contributed by atoms with van der Waals surface area (Å²) in [4.78, 5) is 24.2. The molecular weight excluding hydrogens is 312 g/mol. The van der Waals surface area contributed by atoms with E-state index in [1.807, 2.05) is 35.0 Å². The molecule has 23 heavy (non-hydrogen) atoms. The van der Waals surface area contributed by atoms with Crippen LogP contribution in [-0.2, 0) is 11.3 Å². The second-order valence-electron chi connectivity index (χ2n) is 5.18. The van der Waals surface area contributed by atoms with E-state index in [4.69, 9.17) is 4.74 Å². The Balaban J connectivity index is 1.90. The van der Waals surface area contributed by atoms with Gasteiger partial charge >= 0.3 is 0 Å². The molecule has 1 amide bonds. The number of hydrogen-bond acceptors (Lipinski definition) is 5. The molecule has 3 heterocycles. The third-order valence-electron chi connectivity index (χ3n) is 3.59. The number of carbonyl (C=O) groups is 1. The summed E-state index contributed by atoms with van der Waals surface area (Å²) < 4.78 is 7.00. The quantitative estimate of drug-likeness (QED) is 0.696. The number of amides is 1. The van der Waals surface area contributed by atoms with E-state index in [0.29, 0.717) is 25.4 Å². The lowest BCUT2D eigenvalue weighted by atomic mass is 10.2. The van der Waals surface area contributed by atoms with Crippen LogP contribution in [0.3, 0.4) is 0 Å². The van der Waals surface area contributed by atoms with Crippen molar-refractivity contribution in [3.8, 4) is 0 Å². The van der Waals surface area contributed by atoms with Gasteiger partial charge in [0.15, 0.2) is 4.96 Å². The fourth-order valence-electron chi connectivity index (χ4n) is 2.47. The lowest BCUT2D eigenvalue weighted by Gasteiger charge is -2.22. The van der Waals surface area contributed by atoms with Crippen LogP contribution in [0.15, 0.2) is 36.1 Å². The fraction of sp³-hybridized carbons (Fsp3) is 0.312. The number of methoxy groups -OCH3 is 1. The minimum absolute atomic E-state index is 0.0469. The standard InChI is InChI=1S/C16H18N4O2S/c1-12-14(20-7-9-23-16(20)18-12)15(21)19(6-8-22-2)11-13-4-3-5-17-10-13/h3-5,7,9-10H,6,8,11H2,1-2H3. The molecule has 0 unspecified atom stereocenters. The minimum atomic E-state index is -0.0469. The fourth-order valence-corrected chi connectivity index (χ4v) is 3.23. The molecule has 0 aliphatic heterocycles. The van der Waals surface area contributed by atoms with E-state index in [2.05, 4.69) is 9.97 Å². The zero-order valence-corrected chi connectivity index (χ0v) is 13.9. The van der Waals surface area contributed by atoms with Crippen molar-refractivity contribution in [1.29, 1.82) is 0 Å². The lowest BCUT2D eigenvalue weighted by Crippen LogP contribution is -2.34. The van der Waals surface area contributed by atoms with Gasteiger partial charge in [-0.3, -0.25) is 14.2 Å². The summed E-state index contributed by atoms with van der Waals surface area (Å²) >= 11 is 1.52. The van der Waals surface area contributed by atoms with Crippen LogP contribution >= 0.6 is 11.3 Å². The molecule has 0 fully saturated rings. The Morgan fingerprint density at radius 3 is 3.09 bits per heavy atom. The van der Waals surface area contributed by atoms with E-state index >= 15 is 0 Å². The van der Waals surface area contributed by atoms with Gasteiger partial charge in [0.05, 0.1) is 12.3 Å². The van der Waals surface area contributed by atoms with E-state index in [-0.39, 0.29) is 5.91 Å². The second-order valence-corrected chi connectivity index (χ2v) is 6.06. The summed E-state index contributed by atoms with van der Waals surface area (Å²) in [7, 11) is 1.63. The van der Waals surface area contributed by atoms with Gasteiger partial charge in [0.1, 0.15) is 5.69 Å². The van der Waals surface area contributed by atoms with Crippen molar-refractivity contribution in [1.82, 2.24) is 19.3 Å². The van der Waals surface area contributed by atoms with Crippen molar-refractivity contribution >= 4 is 22.2 Å². The maximum Gasteiger partial charge on any atom is 0.273 e. The first-order chi connectivity index (χ1) is 11.2. The third kappa shape index (κ3) is 3.25. The predicted molar refractivity (Wildman–Crippen MR) is 88.7 cm³/mol. The molecule has 0 bridgehead atoms. The average molecular weight is 330 g/mol. The Bertz CT molecular complexity index is 797. The first kappa shape index (κ1) is 15.6. The molecule has 3 aromatic rings. The minimum Gasteiger partial charge on any atom is -0.383 e. The monoisotopic (exact) mass is 330 g/mol. The molecule has 120 valence electrons. The highest BCUT2D eigenvalue weighted by Gasteiger charge is 2.23. The molecule has 3 aromatic heterocycles. The first-order valence-corrected chi connectivity index (χ1v) is 8.18. The summed E-state index contributed by atoms with van der Waals surface area (Å²) in [5.74, 6) is -0.0469.